The Morgan fingerprint density at radius 1 is 1.39 bits per heavy atom. The van der Waals surface area contributed by atoms with Crippen LogP contribution in [0.1, 0.15) is 19.4 Å². The SMILES string of the molecule is C=CCOc1c(CNCC(C)C)cccc1OC. The molecule has 0 fully saturated rings. The second-order valence-corrected chi connectivity index (χ2v) is 4.57. The van der Waals surface area contributed by atoms with E-state index in [1.54, 1.807) is 13.2 Å². The van der Waals surface area contributed by atoms with Gasteiger partial charge < -0.3 is 14.8 Å². The summed E-state index contributed by atoms with van der Waals surface area (Å²) in [5.74, 6) is 2.20. The summed E-state index contributed by atoms with van der Waals surface area (Å²) in [6, 6.07) is 5.94. The van der Waals surface area contributed by atoms with Gasteiger partial charge in [-0.15, -0.1) is 0 Å². The summed E-state index contributed by atoms with van der Waals surface area (Å²) < 4.78 is 11.0. The Kier molecular flexibility index (Phi) is 6.29. The van der Waals surface area contributed by atoms with Crippen LogP contribution >= 0.6 is 0 Å². The standard InChI is InChI=1S/C15H23NO2/c1-5-9-18-15-13(11-16-10-12(2)3)7-6-8-14(15)17-4/h5-8,12,16H,1,9-11H2,2-4H3. The molecule has 0 radical (unpaired) electrons. The lowest BCUT2D eigenvalue weighted by Crippen LogP contribution is -2.19. The number of hydrogen-bond donors (Lipinski definition) is 1. The predicted octanol–water partition coefficient (Wildman–Crippen LogP) is 3.01. The lowest BCUT2D eigenvalue weighted by molar-refractivity contribution is 0.322. The number of methoxy groups -OCH3 is 1. The molecule has 1 rings (SSSR count). The van der Waals surface area contributed by atoms with E-state index in [4.69, 9.17) is 9.47 Å². The van der Waals surface area contributed by atoms with E-state index in [2.05, 4.69) is 25.7 Å². The van der Waals surface area contributed by atoms with E-state index in [1.165, 1.54) is 0 Å². The molecule has 1 aromatic rings. The van der Waals surface area contributed by atoms with Crippen LogP contribution in [0, 0.1) is 5.92 Å². The molecule has 0 amide bonds. The molecular weight excluding hydrogens is 226 g/mol. The fourth-order valence-electron chi connectivity index (χ4n) is 1.66. The van der Waals surface area contributed by atoms with E-state index in [-0.39, 0.29) is 0 Å². The van der Waals surface area contributed by atoms with E-state index in [0.29, 0.717) is 12.5 Å². The summed E-state index contributed by atoms with van der Waals surface area (Å²) in [5.41, 5.74) is 1.11. The van der Waals surface area contributed by atoms with Gasteiger partial charge in [0.05, 0.1) is 7.11 Å². The number of para-hydroxylation sites is 1. The number of benzene rings is 1. The van der Waals surface area contributed by atoms with Crippen molar-refractivity contribution in [1.82, 2.24) is 5.32 Å². The Hall–Kier alpha value is -1.48. The molecule has 18 heavy (non-hydrogen) atoms. The van der Waals surface area contributed by atoms with Crippen molar-refractivity contribution in [3.8, 4) is 11.5 Å². The molecule has 1 aromatic carbocycles. The fourth-order valence-corrected chi connectivity index (χ4v) is 1.66. The second kappa shape index (κ2) is 7.77. The zero-order chi connectivity index (χ0) is 13.4. The average molecular weight is 249 g/mol. The predicted molar refractivity (Wildman–Crippen MR) is 75.2 cm³/mol. The van der Waals surface area contributed by atoms with Crippen LogP contribution in [0.15, 0.2) is 30.9 Å². The topological polar surface area (TPSA) is 30.5 Å². The maximum atomic E-state index is 5.68. The highest BCUT2D eigenvalue weighted by atomic mass is 16.5. The van der Waals surface area contributed by atoms with E-state index in [1.807, 2.05) is 18.2 Å². The molecule has 0 saturated carbocycles. The summed E-state index contributed by atoms with van der Waals surface area (Å²) >= 11 is 0. The molecule has 0 aliphatic carbocycles. The molecule has 0 atom stereocenters. The van der Waals surface area contributed by atoms with E-state index in [0.717, 1.165) is 30.2 Å². The van der Waals surface area contributed by atoms with Crippen molar-refractivity contribution in [2.75, 3.05) is 20.3 Å². The number of ether oxygens (including phenoxy) is 2. The Morgan fingerprint density at radius 2 is 2.17 bits per heavy atom. The first kappa shape index (κ1) is 14.6. The number of rotatable bonds is 8. The number of hydrogen-bond acceptors (Lipinski definition) is 3. The summed E-state index contributed by atoms with van der Waals surface area (Å²) in [6.07, 6.45) is 1.73. The molecule has 0 spiro atoms. The normalized spacial score (nSPS) is 10.4. The van der Waals surface area contributed by atoms with Crippen LogP contribution in [-0.2, 0) is 6.54 Å². The van der Waals surface area contributed by atoms with Gasteiger partial charge in [0, 0.05) is 12.1 Å². The highest BCUT2D eigenvalue weighted by Crippen LogP contribution is 2.31. The van der Waals surface area contributed by atoms with Crippen LogP contribution in [0.4, 0.5) is 0 Å². The van der Waals surface area contributed by atoms with Gasteiger partial charge in [-0.05, 0) is 18.5 Å². The van der Waals surface area contributed by atoms with E-state index in [9.17, 15) is 0 Å². The van der Waals surface area contributed by atoms with Crippen LogP contribution in [0.2, 0.25) is 0 Å². The van der Waals surface area contributed by atoms with Crippen molar-refractivity contribution in [1.29, 1.82) is 0 Å². The van der Waals surface area contributed by atoms with Gasteiger partial charge in [0.1, 0.15) is 6.61 Å². The Bertz CT molecular complexity index is 375. The number of nitrogens with one attached hydrogen (secondary N) is 1. The third-order valence-corrected chi connectivity index (χ3v) is 2.49. The molecule has 1 N–H and O–H groups in total. The Balaban J connectivity index is 2.77. The molecule has 0 heterocycles. The van der Waals surface area contributed by atoms with Crippen molar-refractivity contribution in [3.05, 3.63) is 36.4 Å². The van der Waals surface area contributed by atoms with Gasteiger partial charge in [0.15, 0.2) is 11.5 Å². The molecule has 0 aliphatic heterocycles. The first-order chi connectivity index (χ1) is 8.69. The average Bonchev–Trinajstić information content (AvgIpc) is 2.36. The van der Waals surface area contributed by atoms with Gasteiger partial charge in [-0.25, -0.2) is 0 Å². The van der Waals surface area contributed by atoms with Crippen LogP contribution < -0.4 is 14.8 Å². The maximum Gasteiger partial charge on any atom is 0.166 e. The highest BCUT2D eigenvalue weighted by Gasteiger charge is 2.09. The van der Waals surface area contributed by atoms with Crippen LogP contribution in [0.25, 0.3) is 0 Å². The third kappa shape index (κ3) is 4.41. The molecule has 0 bridgehead atoms. The van der Waals surface area contributed by atoms with E-state index < -0.39 is 0 Å². The van der Waals surface area contributed by atoms with Crippen molar-refractivity contribution in [2.24, 2.45) is 5.92 Å². The first-order valence-electron chi connectivity index (χ1n) is 6.29. The van der Waals surface area contributed by atoms with E-state index >= 15 is 0 Å². The summed E-state index contributed by atoms with van der Waals surface area (Å²) in [4.78, 5) is 0. The van der Waals surface area contributed by atoms with Gasteiger partial charge in [0.25, 0.3) is 0 Å². The molecule has 3 nitrogen and oxygen atoms in total. The molecule has 0 aromatic heterocycles. The second-order valence-electron chi connectivity index (χ2n) is 4.57. The Labute approximate surface area is 110 Å². The molecule has 100 valence electrons. The van der Waals surface area contributed by atoms with Gasteiger partial charge >= 0.3 is 0 Å². The zero-order valence-corrected chi connectivity index (χ0v) is 11.5. The minimum absolute atomic E-state index is 0.484. The summed E-state index contributed by atoms with van der Waals surface area (Å²) in [7, 11) is 1.65. The quantitative estimate of drug-likeness (QED) is 0.718. The molecule has 3 heteroatoms. The van der Waals surface area contributed by atoms with Crippen molar-refractivity contribution >= 4 is 0 Å². The Morgan fingerprint density at radius 3 is 2.78 bits per heavy atom. The monoisotopic (exact) mass is 249 g/mol. The minimum atomic E-state index is 0.484. The smallest absolute Gasteiger partial charge is 0.166 e. The lowest BCUT2D eigenvalue weighted by atomic mass is 10.1. The largest absolute Gasteiger partial charge is 0.493 e. The first-order valence-corrected chi connectivity index (χ1v) is 6.29. The third-order valence-electron chi connectivity index (χ3n) is 2.49. The maximum absolute atomic E-state index is 5.68. The molecule has 0 aliphatic rings. The lowest BCUT2D eigenvalue weighted by Gasteiger charge is -2.15. The van der Waals surface area contributed by atoms with Gasteiger partial charge in [-0.1, -0.05) is 38.6 Å². The van der Waals surface area contributed by atoms with Crippen LogP contribution in [0.3, 0.4) is 0 Å². The molecule has 0 saturated heterocycles. The fraction of sp³-hybridized carbons (Fsp3) is 0.467. The van der Waals surface area contributed by atoms with Gasteiger partial charge in [-0.3, -0.25) is 0 Å². The highest BCUT2D eigenvalue weighted by molar-refractivity contribution is 5.46. The zero-order valence-electron chi connectivity index (χ0n) is 11.5. The van der Waals surface area contributed by atoms with Gasteiger partial charge in [0.2, 0.25) is 0 Å². The van der Waals surface area contributed by atoms with Crippen molar-refractivity contribution in [2.45, 2.75) is 20.4 Å². The minimum Gasteiger partial charge on any atom is -0.493 e. The molecular formula is C15H23NO2. The van der Waals surface area contributed by atoms with Gasteiger partial charge in [-0.2, -0.15) is 0 Å². The summed E-state index contributed by atoms with van der Waals surface area (Å²) in [6.45, 7) is 10.3. The van der Waals surface area contributed by atoms with Crippen LogP contribution in [-0.4, -0.2) is 20.3 Å². The van der Waals surface area contributed by atoms with Crippen molar-refractivity contribution in [3.63, 3.8) is 0 Å². The van der Waals surface area contributed by atoms with Crippen molar-refractivity contribution < 1.29 is 9.47 Å². The molecule has 0 unspecified atom stereocenters. The summed E-state index contributed by atoms with van der Waals surface area (Å²) in [5, 5.41) is 3.41. The van der Waals surface area contributed by atoms with Crippen LogP contribution in [0.5, 0.6) is 11.5 Å².